The highest BCUT2D eigenvalue weighted by molar-refractivity contribution is 6.04. The minimum atomic E-state index is -0.752. The zero-order valence-electron chi connectivity index (χ0n) is 17.9. The van der Waals surface area contributed by atoms with Gasteiger partial charge in [-0.25, -0.2) is 15.0 Å². The lowest BCUT2D eigenvalue weighted by atomic mass is 9.99. The first kappa shape index (κ1) is 20.1. The predicted molar refractivity (Wildman–Crippen MR) is 125 cm³/mol. The summed E-state index contributed by atoms with van der Waals surface area (Å²) in [5.74, 6) is 0.569. The maximum Gasteiger partial charge on any atom is 0.269 e. The van der Waals surface area contributed by atoms with Crippen molar-refractivity contribution in [2.24, 2.45) is 12.8 Å². The third-order valence-corrected chi connectivity index (χ3v) is 5.23. The highest BCUT2D eigenvalue weighted by Crippen LogP contribution is 2.36. The Morgan fingerprint density at radius 1 is 1.18 bits per heavy atom. The molecule has 6 N–H and O–H groups in total. The number of aromatic amines is 1. The Kier molecular flexibility index (Phi) is 4.70. The van der Waals surface area contributed by atoms with Crippen LogP contribution in [-0.4, -0.2) is 40.8 Å². The molecular formula is C22H20N10O. The van der Waals surface area contributed by atoms with Gasteiger partial charge in [0.25, 0.3) is 5.91 Å². The summed E-state index contributed by atoms with van der Waals surface area (Å²) in [6.07, 6.45) is 5.11. The molecule has 0 saturated carbocycles. The number of benzene rings is 1. The molecule has 4 heterocycles. The number of aryl methyl sites for hydroxylation is 2. The van der Waals surface area contributed by atoms with E-state index in [-0.39, 0.29) is 17.2 Å². The van der Waals surface area contributed by atoms with Crippen LogP contribution in [0.4, 0.5) is 17.3 Å². The maximum atomic E-state index is 12.3. The van der Waals surface area contributed by atoms with E-state index in [4.69, 9.17) is 16.5 Å². The molecule has 5 aromatic rings. The molecule has 0 spiro atoms. The number of anilines is 3. The zero-order valence-corrected chi connectivity index (χ0v) is 17.9. The molecule has 0 bridgehead atoms. The average molecular weight is 440 g/mol. The number of fused-ring (bicyclic) bond motifs is 1. The standard InChI is InChI=1S/C22H20N10O/c1-11-6-7-14-12(9-26-30-14)16(11)18-17(23)19(20(24)33)29-21(28-18)13-10-32(2)31-22(13)27-15-5-3-4-8-25-15/h3-10H,23H2,1-2H3,(H2,24,33)(H,26,30)(H,25,27,31). The summed E-state index contributed by atoms with van der Waals surface area (Å²) < 4.78 is 1.62. The smallest absolute Gasteiger partial charge is 0.269 e. The van der Waals surface area contributed by atoms with Crippen molar-refractivity contribution >= 4 is 34.1 Å². The number of nitrogen functional groups attached to an aromatic ring is 1. The van der Waals surface area contributed by atoms with E-state index in [1.165, 1.54) is 0 Å². The first-order valence-electron chi connectivity index (χ1n) is 10.0. The molecular weight excluding hydrogens is 420 g/mol. The molecule has 164 valence electrons. The number of amides is 1. The van der Waals surface area contributed by atoms with Crippen molar-refractivity contribution < 1.29 is 4.79 Å². The number of hydrogen-bond acceptors (Lipinski definition) is 8. The van der Waals surface area contributed by atoms with Crippen LogP contribution in [0.5, 0.6) is 0 Å². The second-order valence-corrected chi connectivity index (χ2v) is 7.52. The van der Waals surface area contributed by atoms with E-state index >= 15 is 0 Å². The van der Waals surface area contributed by atoms with Crippen LogP contribution in [0.1, 0.15) is 16.1 Å². The molecule has 0 saturated heterocycles. The molecule has 0 aliphatic rings. The molecule has 0 fully saturated rings. The molecule has 11 nitrogen and oxygen atoms in total. The monoisotopic (exact) mass is 440 g/mol. The Morgan fingerprint density at radius 3 is 2.79 bits per heavy atom. The molecule has 11 heteroatoms. The van der Waals surface area contributed by atoms with Gasteiger partial charge in [-0.2, -0.15) is 10.2 Å². The molecule has 33 heavy (non-hydrogen) atoms. The van der Waals surface area contributed by atoms with E-state index in [2.05, 4.69) is 30.6 Å². The lowest BCUT2D eigenvalue weighted by Crippen LogP contribution is -2.18. The fourth-order valence-corrected chi connectivity index (χ4v) is 3.71. The summed E-state index contributed by atoms with van der Waals surface area (Å²) in [5, 5.41) is 15.5. The van der Waals surface area contributed by atoms with Crippen LogP contribution < -0.4 is 16.8 Å². The Balaban J connectivity index is 1.74. The quantitative estimate of drug-likeness (QED) is 0.323. The summed E-state index contributed by atoms with van der Waals surface area (Å²) in [7, 11) is 1.77. The van der Waals surface area contributed by atoms with Crippen molar-refractivity contribution in [1.82, 2.24) is 34.9 Å². The van der Waals surface area contributed by atoms with Crippen molar-refractivity contribution in [3.05, 3.63) is 60.2 Å². The van der Waals surface area contributed by atoms with Crippen LogP contribution in [-0.2, 0) is 7.05 Å². The van der Waals surface area contributed by atoms with Crippen molar-refractivity contribution in [3.8, 4) is 22.6 Å². The van der Waals surface area contributed by atoms with E-state index in [1.807, 2.05) is 37.3 Å². The van der Waals surface area contributed by atoms with Crippen molar-refractivity contribution in [3.63, 3.8) is 0 Å². The van der Waals surface area contributed by atoms with Gasteiger partial charge in [0.1, 0.15) is 5.82 Å². The minimum Gasteiger partial charge on any atom is -0.395 e. The normalized spacial score (nSPS) is 11.1. The van der Waals surface area contributed by atoms with Gasteiger partial charge in [0.05, 0.1) is 28.7 Å². The van der Waals surface area contributed by atoms with E-state index in [0.717, 1.165) is 22.0 Å². The van der Waals surface area contributed by atoms with E-state index in [0.29, 0.717) is 22.9 Å². The van der Waals surface area contributed by atoms with Crippen molar-refractivity contribution in [2.75, 3.05) is 11.1 Å². The number of nitrogens with zero attached hydrogens (tertiary/aromatic N) is 6. The third kappa shape index (κ3) is 3.51. The van der Waals surface area contributed by atoms with Gasteiger partial charge >= 0.3 is 0 Å². The topological polar surface area (TPSA) is 166 Å². The van der Waals surface area contributed by atoms with Gasteiger partial charge in [-0.1, -0.05) is 12.1 Å². The van der Waals surface area contributed by atoms with Gasteiger partial charge in [0.2, 0.25) is 0 Å². The minimum absolute atomic E-state index is 0.0671. The Morgan fingerprint density at radius 2 is 2.03 bits per heavy atom. The van der Waals surface area contributed by atoms with E-state index in [1.54, 1.807) is 30.3 Å². The van der Waals surface area contributed by atoms with E-state index < -0.39 is 5.91 Å². The van der Waals surface area contributed by atoms with Crippen LogP contribution in [0, 0.1) is 6.92 Å². The summed E-state index contributed by atoms with van der Waals surface area (Å²) in [4.78, 5) is 25.7. The lowest BCUT2D eigenvalue weighted by Gasteiger charge is -2.14. The summed E-state index contributed by atoms with van der Waals surface area (Å²) >= 11 is 0. The van der Waals surface area contributed by atoms with Crippen molar-refractivity contribution in [1.29, 1.82) is 0 Å². The number of primary amides is 1. The van der Waals surface area contributed by atoms with Crippen molar-refractivity contribution in [2.45, 2.75) is 6.92 Å². The van der Waals surface area contributed by atoms with Crippen LogP contribution in [0.25, 0.3) is 33.5 Å². The number of nitrogens with one attached hydrogen (secondary N) is 2. The Bertz CT molecular complexity index is 1500. The highest BCUT2D eigenvalue weighted by atomic mass is 16.1. The van der Waals surface area contributed by atoms with Crippen LogP contribution in [0.2, 0.25) is 0 Å². The van der Waals surface area contributed by atoms with Gasteiger partial charge in [0.15, 0.2) is 17.3 Å². The van der Waals surface area contributed by atoms with Gasteiger partial charge in [-0.3, -0.25) is 14.6 Å². The molecule has 0 aliphatic heterocycles. The number of rotatable bonds is 5. The number of carbonyl (C=O) groups excluding carboxylic acids is 1. The average Bonchev–Trinajstić information content (AvgIpc) is 3.41. The predicted octanol–water partition coefficient (Wildman–Crippen LogP) is 2.55. The highest BCUT2D eigenvalue weighted by Gasteiger charge is 2.23. The van der Waals surface area contributed by atoms with Crippen LogP contribution in [0.15, 0.2) is 48.9 Å². The largest absolute Gasteiger partial charge is 0.395 e. The van der Waals surface area contributed by atoms with E-state index in [9.17, 15) is 4.79 Å². The van der Waals surface area contributed by atoms with Gasteiger partial charge in [-0.15, -0.1) is 0 Å². The molecule has 1 amide bonds. The lowest BCUT2D eigenvalue weighted by molar-refractivity contribution is 0.0996. The SMILES string of the molecule is Cc1ccc2[nH]ncc2c1-c1nc(-c2cn(C)nc2Nc2ccccn2)nc(C(N)=O)c1N. The van der Waals surface area contributed by atoms with Crippen LogP contribution in [0.3, 0.4) is 0 Å². The summed E-state index contributed by atoms with van der Waals surface area (Å²) in [6, 6.07) is 9.34. The summed E-state index contributed by atoms with van der Waals surface area (Å²) in [5.41, 5.74) is 15.4. The number of pyridine rings is 1. The fourth-order valence-electron chi connectivity index (χ4n) is 3.71. The molecule has 0 aliphatic carbocycles. The molecule has 0 radical (unpaired) electrons. The fraction of sp³-hybridized carbons (Fsp3) is 0.0909. The molecule has 0 unspecified atom stereocenters. The van der Waals surface area contributed by atoms with Crippen LogP contribution >= 0.6 is 0 Å². The molecule has 4 aromatic heterocycles. The second-order valence-electron chi connectivity index (χ2n) is 7.52. The van der Waals surface area contributed by atoms with Gasteiger partial charge < -0.3 is 16.8 Å². The first-order chi connectivity index (χ1) is 15.9. The number of nitrogens with two attached hydrogens (primary N) is 2. The first-order valence-corrected chi connectivity index (χ1v) is 10.0. The molecule has 5 rings (SSSR count). The molecule has 1 aromatic carbocycles. The summed E-state index contributed by atoms with van der Waals surface area (Å²) in [6.45, 7) is 1.94. The van der Waals surface area contributed by atoms with Gasteiger partial charge in [0, 0.05) is 30.4 Å². The Hall–Kier alpha value is -4.80. The third-order valence-electron chi connectivity index (χ3n) is 5.23. The number of hydrogen-bond donors (Lipinski definition) is 4. The number of aromatic nitrogens is 7. The Labute approximate surface area is 187 Å². The second kappa shape index (κ2) is 7.71. The van der Waals surface area contributed by atoms with Gasteiger partial charge in [-0.05, 0) is 30.7 Å². The molecule has 0 atom stereocenters. The zero-order chi connectivity index (χ0) is 23.1. The maximum absolute atomic E-state index is 12.3. The number of carbonyl (C=O) groups is 1. The number of H-pyrrole nitrogens is 1.